The zero-order valence-electron chi connectivity index (χ0n) is 9.76. The van der Waals surface area contributed by atoms with Gasteiger partial charge in [0.15, 0.2) is 28.9 Å². The lowest BCUT2D eigenvalue weighted by Crippen LogP contribution is -2.31. The van der Waals surface area contributed by atoms with Gasteiger partial charge in [-0.1, -0.05) is 0 Å². The van der Waals surface area contributed by atoms with E-state index in [9.17, 15) is 14.3 Å². The molecule has 0 aromatic carbocycles. The summed E-state index contributed by atoms with van der Waals surface area (Å²) in [7, 11) is 0. The molecule has 4 N–H and O–H groups in total. The van der Waals surface area contributed by atoms with Crippen molar-refractivity contribution in [3.8, 4) is 0 Å². The first kappa shape index (κ1) is 12.3. The Morgan fingerprint density at radius 1 is 1.45 bits per heavy atom. The van der Waals surface area contributed by atoms with Gasteiger partial charge in [0, 0.05) is 0 Å². The monoisotopic (exact) mass is 281 g/mol. The molecular weight excluding hydrogens is 273 g/mol. The molecule has 9 nitrogen and oxygen atoms in total. The van der Waals surface area contributed by atoms with Crippen molar-refractivity contribution in [2.75, 3.05) is 5.73 Å². The highest BCUT2D eigenvalue weighted by atomic mass is 19.1. The Kier molecular flexibility index (Phi) is 2.54. The van der Waals surface area contributed by atoms with Crippen molar-refractivity contribution in [2.24, 2.45) is 0 Å². The van der Waals surface area contributed by atoms with Gasteiger partial charge in [-0.25, -0.2) is 24.1 Å². The average Bonchev–Trinajstić information content (AvgIpc) is 2.94. The second-order valence-electron chi connectivity index (χ2n) is 4.02. The quantitative estimate of drug-likeness (QED) is 0.660. The summed E-state index contributed by atoms with van der Waals surface area (Å²) in [6.45, 7) is 0. The van der Waals surface area contributed by atoms with Gasteiger partial charge < -0.3 is 20.7 Å². The summed E-state index contributed by atoms with van der Waals surface area (Å²) in [5, 5.41) is 18.3. The van der Waals surface area contributed by atoms with E-state index in [0.717, 1.165) is 17.2 Å². The Labute approximate surface area is 110 Å². The SMILES string of the molecule is Nc1ncnc2c1ncn2C1=C(F)[C@H](O)C(C(=O)O)O1. The molecule has 0 saturated heterocycles. The lowest BCUT2D eigenvalue weighted by Gasteiger charge is -2.10. The van der Waals surface area contributed by atoms with E-state index in [0.29, 0.717) is 0 Å². The first-order valence-corrected chi connectivity index (χ1v) is 5.41. The van der Waals surface area contributed by atoms with Crippen molar-refractivity contribution in [1.29, 1.82) is 0 Å². The number of nitrogens with two attached hydrogens (primary N) is 1. The molecule has 3 heterocycles. The van der Waals surface area contributed by atoms with Gasteiger partial charge in [0.1, 0.15) is 12.7 Å². The molecule has 1 unspecified atom stereocenters. The van der Waals surface area contributed by atoms with Crippen molar-refractivity contribution in [3.05, 3.63) is 18.5 Å². The van der Waals surface area contributed by atoms with E-state index in [1.807, 2.05) is 0 Å². The van der Waals surface area contributed by atoms with Gasteiger partial charge in [-0.05, 0) is 0 Å². The second-order valence-corrected chi connectivity index (χ2v) is 4.02. The normalized spacial score (nSPS) is 22.3. The molecule has 2 aromatic heterocycles. The zero-order chi connectivity index (χ0) is 14.4. The fourth-order valence-electron chi connectivity index (χ4n) is 1.86. The van der Waals surface area contributed by atoms with Crippen LogP contribution in [0.1, 0.15) is 0 Å². The van der Waals surface area contributed by atoms with E-state index >= 15 is 0 Å². The number of hydrogen-bond donors (Lipinski definition) is 3. The van der Waals surface area contributed by atoms with E-state index in [4.69, 9.17) is 15.6 Å². The van der Waals surface area contributed by atoms with Crippen molar-refractivity contribution in [1.82, 2.24) is 19.5 Å². The topological polar surface area (TPSA) is 136 Å². The number of hydrogen-bond acceptors (Lipinski definition) is 7. The number of aliphatic hydroxyl groups excluding tert-OH is 1. The molecule has 2 aromatic rings. The molecule has 0 saturated carbocycles. The molecule has 20 heavy (non-hydrogen) atoms. The molecule has 1 aliphatic heterocycles. The van der Waals surface area contributed by atoms with Crippen LogP contribution in [0.15, 0.2) is 18.5 Å². The van der Waals surface area contributed by atoms with Crippen LogP contribution in [0.4, 0.5) is 10.2 Å². The number of nitrogens with zero attached hydrogens (tertiary/aromatic N) is 4. The highest BCUT2D eigenvalue weighted by Crippen LogP contribution is 2.32. The summed E-state index contributed by atoms with van der Waals surface area (Å²) < 4.78 is 19.9. The molecule has 2 atom stereocenters. The first-order valence-electron chi connectivity index (χ1n) is 5.41. The molecule has 0 spiro atoms. The molecule has 0 radical (unpaired) electrons. The van der Waals surface area contributed by atoms with Crippen LogP contribution in [-0.2, 0) is 9.53 Å². The Morgan fingerprint density at radius 2 is 2.20 bits per heavy atom. The number of aliphatic hydroxyl groups is 1. The molecule has 0 bridgehead atoms. The number of aromatic nitrogens is 4. The maximum Gasteiger partial charge on any atom is 0.348 e. The molecular formula is C10H8FN5O4. The third-order valence-electron chi connectivity index (χ3n) is 2.81. The predicted octanol–water partition coefficient (Wildman–Crippen LogP) is -0.652. The molecule has 0 fully saturated rings. The molecule has 3 rings (SSSR count). The molecule has 1 aliphatic rings. The van der Waals surface area contributed by atoms with Crippen LogP contribution in [-0.4, -0.2) is 47.9 Å². The Morgan fingerprint density at radius 3 is 2.85 bits per heavy atom. The summed E-state index contributed by atoms with van der Waals surface area (Å²) >= 11 is 0. The number of carbonyl (C=O) groups is 1. The van der Waals surface area contributed by atoms with Crippen molar-refractivity contribution in [2.45, 2.75) is 12.2 Å². The summed E-state index contributed by atoms with van der Waals surface area (Å²) in [6.07, 6.45) is -1.31. The molecule has 0 aliphatic carbocycles. The number of carboxylic acids is 1. The maximum atomic E-state index is 13.9. The number of rotatable bonds is 2. The van der Waals surface area contributed by atoms with E-state index in [2.05, 4.69) is 15.0 Å². The lowest BCUT2D eigenvalue weighted by atomic mass is 10.2. The van der Waals surface area contributed by atoms with Crippen molar-refractivity contribution >= 4 is 28.8 Å². The van der Waals surface area contributed by atoms with Crippen LogP contribution >= 0.6 is 0 Å². The average molecular weight is 281 g/mol. The number of halogens is 1. The van der Waals surface area contributed by atoms with Gasteiger partial charge >= 0.3 is 5.97 Å². The van der Waals surface area contributed by atoms with E-state index in [1.165, 1.54) is 0 Å². The highest BCUT2D eigenvalue weighted by molar-refractivity contribution is 5.84. The van der Waals surface area contributed by atoms with Crippen molar-refractivity contribution in [3.63, 3.8) is 0 Å². The second kappa shape index (κ2) is 4.13. The summed E-state index contributed by atoms with van der Waals surface area (Å²) in [5.41, 5.74) is 5.94. The summed E-state index contributed by atoms with van der Waals surface area (Å²) in [6, 6.07) is 0. The van der Waals surface area contributed by atoms with Gasteiger partial charge in [0.25, 0.3) is 0 Å². The third-order valence-corrected chi connectivity index (χ3v) is 2.81. The maximum absolute atomic E-state index is 13.9. The van der Waals surface area contributed by atoms with Crippen LogP contribution in [0.5, 0.6) is 0 Å². The number of imidazole rings is 1. The van der Waals surface area contributed by atoms with E-state index in [-0.39, 0.29) is 17.0 Å². The van der Waals surface area contributed by atoms with E-state index < -0.39 is 29.9 Å². The fourth-order valence-corrected chi connectivity index (χ4v) is 1.86. The minimum Gasteiger partial charge on any atom is -0.478 e. The summed E-state index contributed by atoms with van der Waals surface area (Å²) in [4.78, 5) is 22.3. The van der Waals surface area contributed by atoms with Gasteiger partial charge in [-0.15, -0.1) is 0 Å². The standard InChI is InChI=1S/C10H8FN5O4/c11-3-5(17)6(10(18)19)20-9(3)16-2-15-4-7(12)13-1-14-8(4)16/h1-2,5-6,17H,(H,18,19)(H2,12,13,14)/t5-,6?/m0/s1. The van der Waals surface area contributed by atoms with Crippen molar-refractivity contribution < 1.29 is 24.1 Å². The number of carboxylic acid groups (broad SMARTS) is 1. The number of fused-ring (bicyclic) bond motifs is 1. The smallest absolute Gasteiger partial charge is 0.348 e. The fraction of sp³-hybridized carbons (Fsp3) is 0.200. The Hall–Kier alpha value is -2.75. The van der Waals surface area contributed by atoms with Crippen LogP contribution in [0, 0.1) is 0 Å². The van der Waals surface area contributed by atoms with Gasteiger partial charge in [0.05, 0.1) is 0 Å². The number of nitrogen functional groups attached to an aromatic ring is 1. The molecule has 0 amide bonds. The zero-order valence-corrected chi connectivity index (χ0v) is 9.76. The predicted molar refractivity (Wildman–Crippen MR) is 62.6 cm³/mol. The minimum absolute atomic E-state index is 0.0862. The third kappa shape index (κ3) is 1.58. The van der Waals surface area contributed by atoms with Crippen LogP contribution in [0.3, 0.4) is 0 Å². The van der Waals surface area contributed by atoms with Gasteiger partial charge in [0.2, 0.25) is 12.0 Å². The van der Waals surface area contributed by atoms with E-state index in [1.54, 1.807) is 0 Å². The van der Waals surface area contributed by atoms with Crippen LogP contribution < -0.4 is 5.73 Å². The number of anilines is 1. The van der Waals surface area contributed by atoms with Crippen LogP contribution in [0.25, 0.3) is 17.0 Å². The van der Waals surface area contributed by atoms with Gasteiger partial charge in [-0.2, -0.15) is 0 Å². The number of aliphatic carboxylic acids is 1. The lowest BCUT2D eigenvalue weighted by molar-refractivity contribution is -0.149. The number of ether oxygens (including phenoxy) is 1. The highest BCUT2D eigenvalue weighted by Gasteiger charge is 2.42. The van der Waals surface area contributed by atoms with Crippen LogP contribution in [0.2, 0.25) is 0 Å². The Bertz CT molecular complexity index is 742. The van der Waals surface area contributed by atoms with Gasteiger partial charge in [-0.3, -0.25) is 4.57 Å². The molecule has 104 valence electrons. The minimum atomic E-state index is -1.89. The largest absolute Gasteiger partial charge is 0.478 e. The first-order chi connectivity index (χ1) is 9.50. The summed E-state index contributed by atoms with van der Waals surface area (Å²) in [5.74, 6) is -3.00. The Balaban J connectivity index is 2.13. The molecule has 10 heteroatoms.